The molecule has 0 aliphatic carbocycles. The Morgan fingerprint density at radius 2 is 1.12 bits per heavy atom. The first-order valence-corrected chi connectivity index (χ1v) is 24.3. The fraction of sp³-hybridized carbons (Fsp3) is 0.826. The third kappa shape index (κ3) is 39.6. The van der Waals surface area contributed by atoms with E-state index in [2.05, 4.69) is 38.2 Å². The number of allylic oxidation sites excluding steroid dienone is 5. The highest BCUT2D eigenvalue weighted by Gasteiger charge is 2.22. The molecule has 58 heavy (non-hydrogen) atoms. The number of rotatable bonds is 41. The van der Waals surface area contributed by atoms with Crippen LogP contribution >= 0.6 is 7.82 Å². The molecule has 11 nitrogen and oxygen atoms in total. The third-order valence-electron chi connectivity index (χ3n) is 9.86. The van der Waals surface area contributed by atoms with Gasteiger partial charge in [-0.15, -0.1) is 0 Å². The van der Waals surface area contributed by atoms with Gasteiger partial charge >= 0.3 is 11.9 Å². The molecule has 0 fully saturated rings. The largest absolute Gasteiger partial charge is 0.756 e. The summed E-state index contributed by atoms with van der Waals surface area (Å²) < 4.78 is 33.7. The Hall–Kier alpha value is -1.85. The second-order valence-electron chi connectivity index (χ2n) is 16.7. The average molecular weight is 844 g/mol. The van der Waals surface area contributed by atoms with Crippen LogP contribution in [0, 0.1) is 0 Å². The summed E-state index contributed by atoms with van der Waals surface area (Å²) in [5.74, 6) is -1.12. The molecule has 0 aromatic carbocycles. The molecule has 12 heteroatoms. The fourth-order valence-electron chi connectivity index (χ4n) is 6.11. The zero-order valence-corrected chi connectivity index (χ0v) is 38.4. The number of phosphoric ester groups is 1. The summed E-state index contributed by atoms with van der Waals surface area (Å²) in [6.45, 7) is 3.87. The fourth-order valence-corrected chi connectivity index (χ4v) is 6.84. The Balaban J connectivity index is 4.58. The summed E-state index contributed by atoms with van der Waals surface area (Å²) in [7, 11) is 0.991. The number of phosphoric acid groups is 1. The van der Waals surface area contributed by atoms with Crippen molar-refractivity contribution in [3.05, 3.63) is 36.5 Å². The number of quaternary nitrogens is 1. The summed E-state index contributed by atoms with van der Waals surface area (Å²) in [5.41, 5.74) is 0. The van der Waals surface area contributed by atoms with E-state index in [1.54, 1.807) is 0 Å². The standard InChI is InChI=1S/C46H86NO10P/c1-6-8-10-12-14-16-18-20-21-22-24-26-28-30-32-36-45(50)54-40-42(41-56-58(52,53)55-39-38-47(3,4)5)57-46(51)37-33-35-44(49)43(48)34-31-29-27-25-23-19-17-15-13-11-9-7-2/h15,17,23,25,29,31,42-44,48-49H,6-14,16,18-22,24,26-28,30,32-41H2,1-5H3/b17-15-,25-23-,31-29-/t42-,43?,44?/m1/s1. The van der Waals surface area contributed by atoms with Crippen molar-refractivity contribution in [3.63, 3.8) is 0 Å². The zero-order valence-electron chi connectivity index (χ0n) is 37.5. The Morgan fingerprint density at radius 1 is 0.621 bits per heavy atom. The molecule has 0 aliphatic rings. The second kappa shape index (κ2) is 38.1. The van der Waals surface area contributed by atoms with E-state index in [1.807, 2.05) is 33.3 Å². The van der Waals surface area contributed by atoms with Gasteiger partial charge in [0, 0.05) is 12.8 Å². The molecule has 2 N–H and O–H groups in total. The molecule has 0 saturated heterocycles. The lowest BCUT2D eigenvalue weighted by Gasteiger charge is -2.28. The summed E-state index contributed by atoms with van der Waals surface area (Å²) in [6.07, 6.45) is 34.8. The van der Waals surface area contributed by atoms with Crippen LogP contribution in [-0.2, 0) is 32.7 Å². The maximum atomic E-state index is 12.7. The van der Waals surface area contributed by atoms with Crippen molar-refractivity contribution >= 4 is 19.8 Å². The van der Waals surface area contributed by atoms with Gasteiger partial charge < -0.3 is 38.1 Å². The van der Waals surface area contributed by atoms with E-state index < -0.39 is 44.7 Å². The first-order chi connectivity index (χ1) is 27.8. The third-order valence-corrected chi connectivity index (χ3v) is 10.8. The van der Waals surface area contributed by atoms with Crippen molar-refractivity contribution in [3.8, 4) is 0 Å². The number of likely N-dealkylation sites (N-methyl/N-ethyl adjacent to an activating group) is 1. The molecule has 0 spiro atoms. The molecule has 0 saturated carbocycles. The summed E-state index contributed by atoms with van der Waals surface area (Å²) in [5, 5.41) is 20.8. The van der Waals surface area contributed by atoms with Crippen molar-refractivity contribution in [2.75, 3.05) is 47.5 Å². The number of hydrogen-bond acceptors (Lipinski definition) is 10. The minimum absolute atomic E-state index is 0.0822. The predicted molar refractivity (Wildman–Crippen MR) is 234 cm³/mol. The quantitative estimate of drug-likeness (QED) is 0.0200. The number of nitrogens with zero attached hydrogens (tertiary/aromatic N) is 1. The van der Waals surface area contributed by atoms with E-state index >= 15 is 0 Å². The Morgan fingerprint density at radius 3 is 1.69 bits per heavy atom. The molecule has 3 unspecified atom stereocenters. The van der Waals surface area contributed by atoms with Crippen LogP contribution in [0.3, 0.4) is 0 Å². The van der Waals surface area contributed by atoms with E-state index in [4.69, 9.17) is 18.5 Å². The number of esters is 2. The number of aliphatic hydroxyl groups is 2. The lowest BCUT2D eigenvalue weighted by Crippen LogP contribution is -2.37. The highest BCUT2D eigenvalue weighted by molar-refractivity contribution is 7.45. The van der Waals surface area contributed by atoms with Crippen molar-refractivity contribution in [2.24, 2.45) is 0 Å². The predicted octanol–water partition coefficient (Wildman–Crippen LogP) is 10.2. The van der Waals surface area contributed by atoms with Crippen LogP contribution in [0.2, 0.25) is 0 Å². The molecule has 0 amide bonds. The van der Waals surface area contributed by atoms with Gasteiger partial charge in [-0.05, 0) is 51.4 Å². The average Bonchev–Trinajstić information content (AvgIpc) is 3.17. The van der Waals surface area contributed by atoms with Crippen LogP contribution in [-0.4, -0.2) is 92.5 Å². The number of hydrogen-bond donors (Lipinski definition) is 2. The van der Waals surface area contributed by atoms with Gasteiger partial charge in [0.15, 0.2) is 6.10 Å². The number of carbonyl (C=O) groups excluding carboxylic acids is 2. The maximum absolute atomic E-state index is 12.7. The molecule has 0 heterocycles. The van der Waals surface area contributed by atoms with Crippen molar-refractivity contribution < 1.29 is 52.3 Å². The highest BCUT2D eigenvalue weighted by atomic mass is 31.2. The van der Waals surface area contributed by atoms with Gasteiger partial charge in [-0.1, -0.05) is 153 Å². The van der Waals surface area contributed by atoms with Gasteiger partial charge in [0.1, 0.15) is 19.8 Å². The van der Waals surface area contributed by atoms with E-state index in [1.165, 1.54) is 89.9 Å². The second-order valence-corrected chi connectivity index (χ2v) is 18.1. The molecule has 0 rings (SSSR count). The van der Waals surface area contributed by atoms with Crippen molar-refractivity contribution in [1.82, 2.24) is 0 Å². The topological polar surface area (TPSA) is 152 Å². The number of carbonyl (C=O) groups is 2. The minimum atomic E-state index is -4.70. The van der Waals surface area contributed by atoms with Gasteiger partial charge in [0.05, 0.1) is 40.0 Å². The summed E-state index contributed by atoms with van der Waals surface area (Å²) in [6, 6.07) is 0. The molecule has 0 aliphatic heterocycles. The Kier molecular flexibility index (Phi) is 36.9. The molecule has 0 aromatic rings. The Bertz CT molecular complexity index is 1120. The molecule has 0 radical (unpaired) electrons. The zero-order chi connectivity index (χ0) is 43.2. The Labute approximate surface area is 354 Å². The number of aliphatic hydroxyl groups excluding tert-OH is 2. The number of unbranched alkanes of at least 4 members (excludes halogenated alkanes) is 17. The van der Waals surface area contributed by atoms with Crippen LogP contribution < -0.4 is 4.89 Å². The van der Waals surface area contributed by atoms with Crippen molar-refractivity contribution in [2.45, 2.75) is 199 Å². The summed E-state index contributed by atoms with van der Waals surface area (Å²) in [4.78, 5) is 37.6. The van der Waals surface area contributed by atoms with Gasteiger partial charge in [0.2, 0.25) is 0 Å². The molecular formula is C46H86NO10P. The van der Waals surface area contributed by atoms with Crippen LogP contribution in [0.15, 0.2) is 36.5 Å². The van der Waals surface area contributed by atoms with Crippen LogP contribution in [0.4, 0.5) is 0 Å². The van der Waals surface area contributed by atoms with Gasteiger partial charge in [-0.2, -0.15) is 0 Å². The van der Waals surface area contributed by atoms with E-state index in [0.717, 1.165) is 38.5 Å². The van der Waals surface area contributed by atoms with E-state index in [-0.39, 0.29) is 45.3 Å². The lowest BCUT2D eigenvalue weighted by atomic mass is 10.0. The van der Waals surface area contributed by atoms with Crippen LogP contribution in [0.25, 0.3) is 0 Å². The van der Waals surface area contributed by atoms with Gasteiger partial charge in [0.25, 0.3) is 7.82 Å². The maximum Gasteiger partial charge on any atom is 0.306 e. The van der Waals surface area contributed by atoms with Gasteiger partial charge in [-0.3, -0.25) is 14.2 Å². The van der Waals surface area contributed by atoms with Crippen LogP contribution in [0.5, 0.6) is 0 Å². The van der Waals surface area contributed by atoms with E-state index in [0.29, 0.717) is 17.4 Å². The molecule has 340 valence electrons. The first kappa shape index (κ1) is 56.1. The monoisotopic (exact) mass is 844 g/mol. The first-order valence-electron chi connectivity index (χ1n) is 22.9. The highest BCUT2D eigenvalue weighted by Crippen LogP contribution is 2.38. The number of ether oxygens (including phenoxy) is 2. The van der Waals surface area contributed by atoms with Crippen molar-refractivity contribution in [1.29, 1.82) is 0 Å². The van der Waals surface area contributed by atoms with Crippen LogP contribution in [0.1, 0.15) is 181 Å². The SMILES string of the molecule is CCCCC/C=C\C/C=C\C/C=C\CC(O)C(O)CCCC(=O)O[C@H](COC(=O)CCCCCCCCCCCCCCCCC)COP(=O)([O-])OCC[N+](C)(C)C. The molecule has 0 bridgehead atoms. The summed E-state index contributed by atoms with van der Waals surface area (Å²) >= 11 is 0. The normalized spacial score (nSPS) is 15.0. The molecule has 4 atom stereocenters. The van der Waals surface area contributed by atoms with E-state index in [9.17, 15) is 29.3 Å². The van der Waals surface area contributed by atoms with Gasteiger partial charge in [-0.25, -0.2) is 0 Å². The lowest BCUT2D eigenvalue weighted by molar-refractivity contribution is -0.870. The minimum Gasteiger partial charge on any atom is -0.756 e. The molecule has 0 aromatic heterocycles. The smallest absolute Gasteiger partial charge is 0.306 e. The molecular weight excluding hydrogens is 757 g/mol.